The van der Waals surface area contributed by atoms with Crippen molar-refractivity contribution in [3.8, 4) is 11.3 Å². The van der Waals surface area contributed by atoms with Crippen molar-refractivity contribution in [1.82, 2.24) is 10.2 Å². The Kier molecular flexibility index (Phi) is 7.20. The minimum absolute atomic E-state index is 0. The normalized spacial score (nSPS) is 10.3. The Morgan fingerprint density at radius 1 is 1.15 bits per heavy atom. The highest BCUT2D eigenvalue weighted by molar-refractivity contribution is 7.99. The summed E-state index contributed by atoms with van der Waals surface area (Å²) in [5.41, 5.74) is 7.38. The molecule has 0 aliphatic rings. The molecule has 1 heterocycles. The summed E-state index contributed by atoms with van der Waals surface area (Å²) in [4.78, 5) is 23.9. The summed E-state index contributed by atoms with van der Waals surface area (Å²) in [6.45, 7) is 0.554. The molecular weight excluding hydrogens is 372 g/mol. The summed E-state index contributed by atoms with van der Waals surface area (Å²) in [5.74, 6) is 1.04. The molecular formula is C18H19ClN4O2S. The van der Waals surface area contributed by atoms with Crippen LogP contribution in [0.3, 0.4) is 0 Å². The van der Waals surface area contributed by atoms with Gasteiger partial charge in [0.2, 0.25) is 5.91 Å². The number of nitrogens with zero attached hydrogens (tertiary/aromatic N) is 1. The number of rotatable bonds is 6. The lowest BCUT2D eigenvalue weighted by molar-refractivity contribution is -0.113. The maximum Gasteiger partial charge on any atom is 0.272 e. The number of hydrogen-bond donors (Lipinski definition) is 3. The first kappa shape index (κ1) is 20.0. The highest BCUT2D eigenvalue weighted by atomic mass is 35.5. The van der Waals surface area contributed by atoms with Gasteiger partial charge < -0.3 is 11.1 Å². The molecule has 0 aliphatic heterocycles. The minimum Gasteiger partial charge on any atom is -0.330 e. The summed E-state index contributed by atoms with van der Waals surface area (Å²) in [7, 11) is 0. The molecule has 136 valence electrons. The molecule has 1 aromatic heterocycles. The molecule has 0 spiro atoms. The standard InChI is InChI=1S/C18H18N4O2S.ClH/c19-8-9-25-11-16(23)20-13-5-3-4-12(10-13)17-14-6-1-2-7-15(14)18(24)22-21-17;/h1-7,10H,8-9,11,19H2,(H,20,23)(H,22,24);1H. The van der Waals surface area contributed by atoms with Crippen molar-refractivity contribution in [2.45, 2.75) is 0 Å². The molecule has 6 nitrogen and oxygen atoms in total. The summed E-state index contributed by atoms with van der Waals surface area (Å²) in [5, 5.41) is 10.9. The third-order valence-corrected chi connectivity index (χ3v) is 4.60. The molecule has 1 amide bonds. The minimum atomic E-state index is -0.222. The number of benzene rings is 2. The van der Waals surface area contributed by atoms with Crippen molar-refractivity contribution in [1.29, 1.82) is 0 Å². The van der Waals surface area contributed by atoms with Crippen molar-refractivity contribution < 1.29 is 4.79 Å². The van der Waals surface area contributed by atoms with Crippen LogP contribution in [0.25, 0.3) is 22.0 Å². The van der Waals surface area contributed by atoms with Crippen molar-refractivity contribution >= 4 is 46.5 Å². The Morgan fingerprint density at radius 2 is 1.92 bits per heavy atom. The topological polar surface area (TPSA) is 101 Å². The number of aromatic amines is 1. The Hall–Kier alpha value is -2.35. The second kappa shape index (κ2) is 9.38. The quantitative estimate of drug-likeness (QED) is 0.562. The van der Waals surface area contributed by atoms with E-state index in [9.17, 15) is 9.59 Å². The van der Waals surface area contributed by atoms with Crippen LogP contribution in [-0.2, 0) is 4.79 Å². The molecule has 8 heteroatoms. The molecule has 2 aromatic carbocycles. The molecule has 3 rings (SSSR count). The number of amides is 1. The Balaban J connectivity index is 0.00000243. The maximum atomic E-state index is 12.0. The molecule has 0 aliphatic carbocycles. The monoisotopic (exact) mass is 390 g/mol. The number of aromatic nitrogens is 2. The van der Waals surface area contributed by atoms with Crippen LogP contribution >= 0.6 is 24.2 Å². The molecule has 26 heavy (non-hydrogen) atoms. The average Bonchev–Trinajstić information content (AvgIpc) is 2.63. The molecule has 0 unspecified atom stereocenters. The number of halogens is 1. The van der Waals surface area contributed by atoms with Gasteiger partial charge in [-0.1, -0.05) is 30.3 Å². The number of nitrogens with one attached hydrogen (secondary N) is 2. The van der Waals surface area contributed by atoms with E-state index in [1.807, 2.05) is 42.5 Å². The van der Waals surface area contributed by atoms with E-state index < -0.39 is 0 Å². The van der Waals surface area contributed by atoms with Crippen LogP contribution in [0.1, 0.15) is 0 Å². The van der Waals surface area contributed by atoms with Crippen LogP contribution in [0.4, 0.5) is 5.69 Å². The highest BCUT2D eigenvalue weighted by Gasteiger charge is 2.09. The van der Waals surface area contributed by atoms with Crippen LogP contribution in [0.2, 0.25) is 0 Å². The number of H-pyrrole nitrogens is 1. The molecule has 0 radical (unpaired) electrons. The summed E-state index contributed by atoms with van der Waals surface area (Å²) >= 11 is 1.50. The van der Waals surface area contributed by atoms with Gasteiger partial charge >= 0.3 is 0 Å². The fourth-order valence-corrected chi connectivity index (χ4v) is 3.09. The second-order valence-electron chi connectivity index (χ2n) is 5.42. The van der Waals surface area contributed by atoms with E-state index in [-0.39, 0.29) is 23.9 Å². The molecule has 0 fully saturated rings. The second-order valence-corrected chi connectivity index (χ2v) is 6.52. The van der Waals surface area contributed by atoms with Gasteiger partial charge in [-0.2, -0.15) is 16.9 Å². The SMILES string of the molecule is Cl.NCCSCC(=O)Nc1cccc(-c2n[nH]c(=O)c3ccccc23)c1. The summed E-state index contributed by atoms with van der Waals surface area (Å²) in [6.07, 6.45) is 0. The maximum absolute atomic E-state index is 12.0. The molecule has 0 bridgehead atoms. The van der Waals surface area contributed by atoms with E-state index in [2.05, 4.69) is 15.5 Å². The predicted octanol–water partition coefficient (Wildman–Crippen LogP) is 2.64. The van der Waals surface area contributed by atoms with E-state index in [1.54, 1.807) is 6.07 Å². The number of nitrogens with two attached hydrogens (primary N) is 1. The summed E-state index contributed by atoms with van der Waals surface area (Å²) in [6, 6.07) is 14.7. The smallest absolute Gasteiger partial charge is 0.272 e. The molecule has 0 saturated heterocycles. The Labute approximate surface area is 161 Å². The lowest BCUT2D eigenvalue weighted by Crippen LogP contribution is -2.15. The van der Waals surface area contributed by atoms with Crippen LogP contribution in [0.15, 0.2) is 53.3 Å². The Morgan fingerprint density at radius 3 is 2.69 bits per heavy atom. The fraction of sp³-hybridized carbons (Fsp3) is 0.167. The van der Waals surface area contributed by atoms with Gasteiger partial charge in [0, 0.05) is 28.9 Å². The Bertz CT molecular complexity index is 961. The van der Waals surface area contributed by atoms with Gasteiger partial charge in [0.05, 0.1) is 16.8 Å². The van der Waals surface area contributed by atoms with Crippen molar-refractivity contribution in [3.63, 3.8) is 0 Å². The van der Waals surface area contributed by atoms with Gasteiger partial charge in [-0.15, -0.1) is 12.4 Å². The zero-order valence-electron chi connectivity index (χ0n) is 13.9. The highest BCUT2D eigenvalue weighted by Crippen LogP contribution is 2.26. The molecule has 0 atom stereocenters. The first-order chi connectivity index (χ1) is 12.2. The zero-order valence-corrected chi connectivity index (χ0v) is 15.5. The largest absolute Gasteiger partial charge is 0.330 e. The van der Waals surface area contributed by atoms with Gasteiger partial charge in [-0.25, -0.2) is 5.10 Å². The van der Waals surface area contributed by atoms with Crippen molar-refractivity contribution in [3.05, 3.63) is 58.9 Å². The van der Waals surface area contributed by atoms with Gasteiger partial charge in [-0.3, -0.25) is 9.59 Å². The number of fused-ring (bicyclic) bond motifs is 1. The number of anilines is 1. The van der Waals surface area contributed by atoms with Crippen LogP contribution in [0, 0.1) is 0 Å². The average molecular weight is 391 g/mol. The third-order valence-electron chi connectivity index (χ3n) is 3.61. The van der Waals surface area contributed by atoms with Crippen LogP contribution < -0.4 is 16.6 Å². The van der Waals surface area contributed by atoms with E-state index in [0.29, 0.717) is 29.1 Å². The van der Waals surface area contributed by atoms with E-state index in [0.717, 1.165) is 16.7 Å². The lowest BCUT2D eigenvalue weighted by atomic mass is 10.0. The van der Waals surface area contributed by atoms with Gasteiger partial charge in [0.15, 0.2) is 0 Å². The first-order valence-corrected chi connectivity index (χ1v) is 9.00. The van der Waals surface area contributed by atoms with Gasteiger partial charge in [0.25, 0.3) is 5.56 Å². The molecule has 0 saturated carbocycles. The number of hydrogen-bond acceptors (Lipinski definition) is 5. The van der Waals surface area contributed by atoms with Crippen molar-refractivity contribution in [2.75, 3.05) is 23.4 Å². The van der Waals surface area contributed by atoms with E-state index >= 15 is 0 Å². The lowest BCUT2D eigenvalue weighted by Gasteiger charge is -2.09. The number of thioether (sulfide) groups is 1. The van der Waals surface area contributed by atoms with Crippen LogP contribution in [-0.4, -0.2) is 34.2 Å². The van der Waals surface area contributed by atoms with E-state index in [1.165, 1.54) is 11.8 Å². The zero-order chi connectivity index (χ0) is 17.6. The first-order valence-electron chi connectivity index (χ1n) is 7.84. The fourth-order valence-electron chi connectivity index (χ4n) is 2.52. The van der Waals surface area contributed by atoms with Gasteiger partial charge in [0.1, 0.15) is 0 Å². The third kappa shape index (κ3) is 4.63. The van der Waals surface area contributed by atoms with Crippen molar-refractivity contribution in [2.24, 2.45) is 5.73 Å². The van der Waals surface area contributed by atoms with Gasteiger partial charge in [-0.05, 0) is 18.2 Å². The predicted molar refractivity (Wildman–Crippen MR) is 110 cm³/mol. The van der Waals surface area contributed by atoms with E-state index in [4.69, 9.17) is 5.73 Å². The number of carbonyl (C=O) groups is 1. The molecule has 3 aromatic rings. The number of carbonyl (C=O) groups excluding carboxylic acids is 1. The van der Waals surface area contributed by atoms with Crippen LogP contribution in [0.5, 0.6) is 0 Å². The summed E-state index contributed by atoms with van der Waals surface area (Å²) < 4.78 is 0. The molecule has 4 N–H and O–H groups in total.